The van der Waals surface area contributed by atoms with E-state index >= 15 is 0 Å². The lowest BCUT2D eigenvalue weighted by molar-refractivity contribution is 0.0507. The van der Waals surface area contributed by atoms with Gasteiger partial charge in [0.2, 0.25) is 0 Å². The SMILES string of the molecule is CCNC(=NCCn1cnnc1CC)N1CCC(NC(=O)OC(C)(C)C)C1.I. The van der Waals surface area contributed by atoms with Crippen LogP contribution in [-0.4, -0.2) is 69.5 Å². The first-order valence-corrected chi connectivity index (χ1v) is 9.71. The summed E-state index contributed by atoms with van der Waals surface area (Å²) in [7, 11) is 0. The topological polar surface area (TPSA) is 96.7 Å². The molecule has 9 nitrogen and oxygen atoms in total. The summed E-state index contributed by atoms with van der Waals surface area (Å²) >= 11 is 0. The lowest BCUT2D eigenvalue weighted by Gasteiger charge is -2.23. The van der Waals surface area contributed by atoms with E-state index in [1.165, 1.54) is 0 Å². The largest absolute Gasteiger partial charge is 0.444 e. The number of aromatic nitrogens is 3. The van der Waals surface area contributed by atoms with Crippen molar-refractivity contribution in [1.82, 2.24) is 30.3 Å². The number of halogens is 1. The number of rotatable bonds is 6. The third-order valence-corrected chi connectivity index (χ3v) is 4.16. The molecule has 2 rings (SSSR count). The van der Waals surface area contributed by atoms with Crippen molar-refractivity contribution >= 4 is 36.0 Å². The van der Waals surface area contributed by atoms with Crippen molar-refractivity contribution in [2.75, 3.05) is 26.2 Å². The molecule has 1 saturated heterocycles. The molecule has 0 aromatic carbocycles. The van der Waals surface area contributed by atoms with Crippen molar-refractivity contribution in [3.8, 4) is 0 Å². The Morgan fingerprint density at radius 2 is 2.14 bits per heavy atom. The number of likely N-dealkylation sites (tertiary alicyclic amines) is 1. The summed E-state index contributed by atoms with van der Waals surface area (Å²) in [6, 6.07) is 0.0632. The third kappa shape index (κ3) is 7.80. The second-order valence-electron chi connectivity index (χ2n) is 7.61. The number of alkyl carbamates (subject to hydrolysis) is 1. The number of nitrogens with zero attached hydrogens (tertiary/aromatic N) is 5. The zero-order chi connectivity index (χ0) is 19.9. The van der Waals surface area contributed by atoms with Crippen molar-refractivity contribution in [2.24, 2.45) is 4.99 Å². The molecular formula is C18H34IN7O2. The van der Waals surface area contributed by atoms with Crippen molar-refractivity contribution < 1.29 is 9.53 Å². The van der Waals surface area contributed by atoms with Crippen LogP contribution < -0.4 is 10.6 Å². The van der Waals surface area contributed by atoms with Crippen LogP contribution in [0.25, 0.3) is 0 Å². The van der Waals surface area contributed by atoms with E-state index in [-0.39, 0.29) is 36.1 Å². The van der Waals surface area contributed by atoms with Crippen molar-refractivity contribution in [1.29, 1.82) is 0 Å². The molecule has 0 saturated carbocycles. The van der Waals surface area contributed by atoms with Crippen molar-refractivity contribution in [2.45, 2.75) is 65.6 Å². The Labute approximate surface area is 184 Å². The monoisotopic (exact) mass is 507 g/mol. The van der Waals surface area contributed by atoms with Crippen molar-refractivity contribution in [3.63, 3.8) is 0 Å². The highest BCUT2D eigenvalue weighted by Crippen LogP contribution is 2.12. The molecule has 0 bridgehead atoms. The number of amides is 1. The van der Waals surface area contributed by atoms with Crippen LogP contribution in [0.4, 0.5) is 4.79 Å². The van der Waals surface area contributed by atoms with Gasteiger partial charge in [-0.05, 0) is 34.1 Å². The smallest absolute Gasteiger partial charge is 0.407 e. The van der Waals surface area contributed by atoms with Gasteiger partial charge in [-0.25, -0.2) is 4.79 Å². The molecule has 1 aromatic rings. The second-order valence-corrected chi connectivity index (χ2v) is 7.61. The number of guanidine groups is 1. The van der Waals surface area contributed by atoms with Crippen LogP contribution in [0.2, 0.25) is 0 Å². The number of nitrogens with one attached hydrogen (secondary N) is 2. The van der Waals surface area contributed by atoms with Crippen LogP contribution >= 0.6 is 24.0 Å². The van der Waals surface area contributed by atoms with Crippen LogP contribution in [-0.2, 0) is 17.7 Å². The molecule has 1 aliphatic rings. The number of hydrogen-bond acceptors (Lipinski definition) is 5. The zero-order valence-electron chi connectivity index (χ0n) is 17.6. The van der Waals surface area contributed by atoms with E-state index in [9.17, 15) is 4.79 Å². The molecule has 0 spiro atoms. The van der Waals surface area contributed by atoms with Crippen LogP contribution in [0.15, 0.2) is 11.3 Å². The highest BCUT2D eigenvalue weighted by Gasteiger charge is 2.27. The number of ether oxygens (including phenoxy) is 1. The minimum atomic E-state index is -0.488. The predicted octanol–water partition coefficient (Wildman–Crippen LogP) is 2.02. The van der Waals surface area contributed by atoms with Gasteiger partial charge in [0.25, 0.3) is 0 Å². The fourth-order valence-corrected chi connectivity index (χ4v) is 2.97. The van der Waals surface area contributed by atoms with Crippen LogP contribution in [0.3, 0.4) is 0 Å². The fraction of sp³-hybridized carbons (Fsp3) is 0.778. The summed E-state index contributed by atoms with van der Waals surface area (Å²) in [6.07, 6.45) is 3.11. The summed E-state index contributed by atoms with van der Waals surface area (Å²) in [5.41, 5.74) is -0.488. The van der Waals surface area contributed by atoms with E-state index in [4.69, 9.17) is 9.73 Å². The molecule has 160 valence electrons. The first-order valence-electron chi connectivity index (χ1n) is 9.71. The second kappa shape index (κ2) is 11.4. The maximum Gasteiger partial charge on any atom is 0.407 e. The van der Waals surface area contributed by atoms with Gasteiger partial charge < -0.3 is 24.8 Å². The highest BCUT2D eigenvalue weighted by atomic mass is 127. The lowest BCUT2D eigenvalue weighted by atomic mass is 10.2. The minimum absolute atomic E-state index is 0. The highest BCUT2D eigenvalue weighted by molar-refractivity contribution is 14.0. The lowest BCUT2D eigenvalue weighted by Crippen LogP contribution is -2.44. The molecule has 28 heavy (non-hydrogen) atoms. The minimum Gasteiger partial charge on any atom is -0.444 e. The van der Waals surface area contributed by atoms with Crippen LogP contribution in [0.5, 0.6) is 0 Å². The quantitative estimate of drug-likeness (QED) is 0.348. The Bertz CT molecular complexity index is 642. The Kier molecular flexibility index (Phi) is 9.97. The van der Waals surface area contributed by atoms with Gasteiger partial charge in [0.05, 0.1) is 12.6 Å². The molecule has 1 fully saturated rings. The number of aryl methyl sites for hydroxylation is 1. The van der Waals surface area contributed by atoms with Gasteiger partial charge in [-0.15, -0.1) is 34.2 Å². The van der Waals surface area contributed by atoms with E-state index in [0.29, 0.717) is 6.54 Å². The van der Waals surface area contributed by atoms with Gasteiger partial charge in [-0.2, -0.15) is 0 Å². The van der Waals surface area contributed by atoms with Gasteiger partial charge in [0.15, 0.2) is 5.96 Å². The standard InChI is InChI=1S/C18H33N7O2.HI/c1-6-15-23-21-13-25(15)11-9-20-16(19-7-2)24-10-8-14(12-24)22-17(26)27-18(3,4)5;/h13-14H,6-12H2,1-5H3,(H,19,20)(H,22,26);1H. The molecule has 0 aliphatic carbocycles. The Morgan fingerprint density at radius 1 is 1.39 bits per heavy atom. The number of carbonyl (C=O) groups excluding carboxylic acids is 1. The average molecular weight is 507 g/mol. The van der Waals surface area contributed by atoms with E-state index in [2.05, 4.69) is 39.6 Å². The van der Waals surface area contributed by atoms with Crippen molar-refractivity contribution in [3.05, 3.63) is 12.2 Å². The summed E-state index contributed by atoms with van der Waals surface area (Å²) in [4.78, 5) is 18.9. The molecule has 2 N–H and O–H groups in total. The van der Waals surface area contributed by atoms with Gasteiger partial charge in [-0.1, -0.05) is 6.92 Å². The van der Waals surface area contributed by atoms with Gasteiger partial charge in [0, 0.05) is 32.6 Å². The van der Waals surface area contributed by atoms with Gasteiger partial charge in [-0.3, -0.25) is 4.99 Å². The zero-order valence-corrected chi connectivity index (χ0v) is 19.9. The normalized spacial score (nSPS) is 17.2. The van der Waals surface area contributed by atoms with E-state index < -0.39 is 5.60 Å². The summed E-state index contributed by atoms with van der Waals surface area (Å²) in [6.45, 7) is 13.5. The maximum absolute atomic E-state index is 12.0. The molecule has 1 aliphatic heterocycles. The molecule has 1 aromatic heterocycles. The van der Waals surface area contributed by atoms with Crippen LogP contribution in [0, 0.1) is 0 Å². The Morgan fingerprint density at radius 3 is 2.79 bits per heavy atom. The van der Waals surface area contributed by atoms with Gasteiger partial charge in [0.1, 0.15) is 17.8 Å². The molecule has 2 heterocycles. The maximum atomic E-state index is 12.0. The Hall–Kier alpha value is -1.59. The molecule has 1 atom stereocenters. The molecule has 0 radical (unpaired) electrons. The molecule has 1 amide bonds. The summed E-state index contributed by atoms with van der Waals surface area (Å²) < 4.78 is 7.37. The number of aliphatic imine (C=N–C) groups is 1. The third-order valence-electron chi connectivity index (χ3n) is 4.16. The first kappa shape index (κ1) is 24.4. The van der Waals surface area contributed by atoms with Crippen LogP contribution in [0.1, 0.15) is 46.9 Å². The van der Waals surface area contributed by atoms with E-state index in [0.717, 1.165) is 50.8 Å². The van der Waals surface area contributed by atoms with E-state index in [1.54, 1.807) is 6.33 Å². The summed E-state index contributed by atoms with van der Waals surface area (Å²) in [5, 5.41) is 14.3. The molecular weight excluding hydrogens is 473 g/mol. The van der Waals surface area contributed by atoms with E-state index in [1.807, 2.05) is 25.3 Å². The molecule has 10 heteroatoms. The number of carbonyl (C=O) groups is 1. The first-order chi connectivity index (χ1) is 12.8. The van der Waals surface area contributed by atoms with Gasteiger partial charge >= 0.3 is 6.09 Å². The molecule has 1 unspecified atom stereocenters. The summed E-state index contributed by atoms with van der Waals surface area (Å²) in [5.74, 6) is 1.84. The Balaban J connectivity index is 0.00000392. The predicted molar refractivity (Wildman–Crippen MR) is 120 cm³/mol. The fourth-order valence-electron chi connectivity index (χ4n) is 2.97. The number of hydrogen-bond donors (Lipinski definition) is 2. The average Bonchev–Trinajstić information content (AvgIpc) is 3.21.